The molecule has 4 nitrogen and oxygen atoms in total. The summed E-state index contributed by atoms with van der Waals surface area (Å²) in [4.78, 5) is 1.85. The number of halogens is 4. The average molecular weight is 397 g/mol. The number of nitrogens with zero attached hydrogens (tertiary/aromatic N) is 1. The summed E-state index contributed by atoms with van der Waals surface area (Å²) in [5, 5.41) is 9.99. The third kappa shape index (κ3) is 3.20. The smallest absolute Gasteiger partial charge is 0.263 e. The first-order valence-electron chi connectivity index (χ1n) is 8.84. The number of alkyl halides is 4. The fourth-order valence-electron chi connectivity index (χ4n) is 3.74. The number of aliphatic hydroxyl groups excluding tert-OH is 1. The molecule has 28 heavy (non-hydrogen) atoms. The summed E-state index contributed by atoms with van der Waals surface area (Å²) in [6.45, 7) is 0.191. The molecule has 1 N–H and O–H groups in total. The van der Waals surface area contributed by atoms with Crippen LogP contribution in [-0.4, -0.2) is 35.4 Å². The summed E-state index contributed by atoms with van der Waals surface area (Å²) in [6, 6.07) is 11.6. The van der Waals surface area contributed by atoms with Crippen LogP contribution in [-0.2, 0) is 9.47 Å². The summed E-state index contributed by atoms with van der Waals surface area (Å²) >= 11 is 0. The van der Waals surface area contributed by atoms with E-state index in [2.05, 4.69) is 0 Å². The van der Waals surface area contributed by atoms with Gasteiger partial charge in [0, 0.05) is 11.1 Å². The van der Waals surface area contributed by atoms with E-state index in [9.17, 15) is 22.7 Å². The molecule has 2 fully saturated rings. The molecule has 0 saturated carbocycles. The molecule has 0 aliphatic carbocycles. The molecular weight excluding hydrogens is 378 g/mol. The van der Waals surface area contributed by atoms with E-state index in [4.69, 9.17) is 9.47 Å². The van der Waals surface area contributed by atoms with Gasteiger partial charge in [0.25, 0.3) is 12.9 Å². The van der Waals surface area contributed by atoms with Gasteiger partial charge in [-0.15, -0.1) is 0 Å². The minimum atomic E-state index is -2.56. The molecule has 3 atom stereocenters. The second-order valence-corrected chi connectivity index (χ2v) is 7.05. The first kappa shape index (κ1) is 19.3. The second kappa shape index (κ2) is 7.44. The Morgan fingerprint density at radius 2 is 1.21 bits per heavy atom. The first-order chi connectivity index (χ1) is 13.4. The van der Waals surface area contributed by atoms with Crippen molar-refractivity contribution in [1.29, 1.82) is 0 Å². The lowest BCUT2D eigenvalue weighted by molar-refractivity contribution is -0.0631. The minimum absolute atomic E-state index is 0.0908. The van der Waals surface area contributed by atoms with E-state index in [0.717, 1.165) is 0 Å². The molecule has 0 radical (unpaired) electrons. The fourth-order valence-corrected chi connectivity index (χ4v) is 3.74. The summed E-state index contributed by atoms with van der Waals surface area (Å²) in [6.07, 6.45) is -6.35. The summed E-state index contributed by atoms with van der Waals surface area (Å²) < 4.78 is 63.1. The third-order valence-corrected chi connectivity index (χ3v) is 5.31. The number of aliphatic hydroxyl groups is 1. The van der Waals surface area contributed by atoms with E-state index < -0.39 is 30.8 Å². The summed E-state index contributed by atoms with van der Waals surface area (Å²) in [5.41, 5.74) is 0.343. The van der Waals surface area contributed by atoms with E-state index in [1.807, 2.05) is 4.90 Å². The number of fused-ring (bicyclic) bond motifs is 1. The Labute approximate surface area is 159 Å². The Morgan fingerprint density at radius 3 is 1.54 bits per heavy atom. The number of ether oxygens (including phenoxy) is 2. The normalized spacial score (nSPS) is 27.7. The molecule has 0 bridgehead atoms. The van der Waals surface area contributed by atoms with Crippen LogP contribution in [0.15, 0.2) is 48.5 Å². The molecule has 0 amide bonds. The van der Waals surface area contributed by atoms with Gasteiger partial charge in [-0.05, 0) is 11.1 Å². The molecule has 1 unspecified atom stereocenters. The van der Waals surface area contributed by atoms with Gasteiger partial charge in [0.05, 0.1) is 25.4 Å². The molecule has 2 aliphatic heterocycles. The van der Waals surface area contributed by atoms with Crippen molar-refractivity contribution in [1.82, 2.24) is 4.90 Å². The van der Waals surface area contributed by atoms with Gasteiger partial charge in [0.1, 0.15) is 12.5 Å². The average Bonchev–Trinajstić information content (AvgIpc) is 3.26. The monoisotopic (exact) mass is 397 g/mol. The van der Waals surface area contributed by atoms with Crippen molar-refractivity contribution in [2.75, 3.05) is 19.8 Å². The van der Waals surface area contributed by atoms with Crippen LogP contribution in [0.2, 0.25) is 0 Å². The van der Waals surface area contributed by atoms with Gasteiger partial charge in [-0.1, -0.05) is 48.5 Å². The predicted octanol–water partition coefficient (Wildman–Crippen LogP) is 4.35. The molecule has 2 heterocycles. The van der Waals surface area contributed by atoms with Crippen molar-refractivity contribution in [3.63, 3.8) is 0 Å². The molecule has 0 spiro atoms. The maximum Gasteiger partial charge on any atom is 0.263 e. The highest BCUT2D eigenvalue weighted by atomic mass is 19.3. The highest BCUT2D eigenvalue weighted by Gasteiger charge is 2.56. The van der Waals surface area contributed by atoms with Gasteiger partial charge in [0.2, 0.25) is 0 Å². The van der Waals surface area contributed by atoms with Crippen LogP contribution in [0.4, 0.5) is 17.6 Å². The summed E-state index contributed by atoms with van der Waals surface area (Å²) in [5.74, 6) is 0. The van der Waals surface area contributed by atoms with Gasteiger partial charge in [0.15, 0.2) is 0 Å². The lowest BCUT2D eigenvalue weighted by atomic mass is 10.0. The van der Waals surface area contributed by atoms with E-state index in [-0.39, 0.29) is 30.9 Å². The van der Waals surface area contributed by atoms with Gasteiger partial charge < -0.3 is 14.6 Å². The van der Waals surface area contributed by atoms with Crippen LogP contribution in [0.25, 0.3) is 0 Å². The number of benzene rings is 2. The van der Waals surface area contributed by atoms with E-state index in [0.29, 0.717) is 11.1 Å². The molecule has 2 saturated heterocycles. The van der Waals surface area contributed by atoms with Crippen LogP contribution in [0, 0.1) is 0 Å². The Kier molecular flexibility index (Phi) is 5.13. The van der Waals surface area contributed by atoms with E-state index in [1.165, 1.54) is 24.3 Å². The van der Waals surface area contributed by atoms with Crippen LogP contribution in [0.1, 0.15) is 47.6 Å². The minimum Gasteiger partial charge on any atom is -0.394 e. The Morgan fingerprint density at radius 1 is 0.821 bits per heavy atom. The molecular formula is C20H19F4NO3. The van der Waals surface area contributed by atoms with Crippen molar-refractivity contribution < 1.29 is 32.1 Å². The molecule has 2 aromatic carbocycles. The standard InChI is InChI=1S/C20H19F4NO3/c21-16(22)12-1-5-14(6-2-12)18-25-19(28-11-20(25,9-26)10-27-18)15-7-3-13(4-8-15)17(23)24/h1-8,16-19,26H,9-11H2/t18-,19+,20?. The third-order valence-electron chi connectivity index (χ3n) is 5.31. The SMILES string of the molecule is OCC12CO[C@H](c3ccc(C(F)F)cc3)N1[C@H](c1ccc(C(F)F)cc1)OC2. The lowest BCUT2D eigenvalue weighted by Gasteiger charge is -2.33. The van der Waals surface area contributed by atoms with Crippen LogP contribution in [0.3, 0.4) is 0 Å². The van der Waals surface area contributed by atoms with Crippen LogP contribution in [0.5, 0.6) is 0 Å². The van der Waals surface area contributed by atoms with E-state index >= 15 is 0 Å². The molecule has 2 aliphatic rings. The predicted molar refractivity (Wildman–Crippen MR) is 91.8 cm³/mol. The molecule has 8 heteroatoms. The first-order valence-corrected chi connectivity index (χ1v) is 8.84. The Bertz CT molecular complexity index is 750. The van der Waals surface area contributed by atoms with E-state index in [1.54, 1.807) is 24.3 Å². The number of rotatable bonds is 5. The van der Waals surface area contributed by atoms with Crippen molar-refractivity contribution in [3.8, 4) is 0 Å². The van der Waals surface area contributed by atoms with Crippen LogP contribution >= 0.6 is 0 Å². The van der Waals surface area contributed by atoms with Gasteiger partial charge in [-0.3, -0.25) is 0 Å². The Hall–Kier alpha value is -2.00. The number of hydrogen-bond donors (Lipinski definition) is 1. The highest BCUT2D eigenvalue weighted by molar-refractivity contribution is 5.30. The van der Waals surface area contributed by atoms with Crippen molar-refractivity contribution in [3.05, 3.63) is 70.8 Å². The molecule has 2 aromatic rings. The van der Waals surface area contributed by atoms with Gasteiger partial charge in [-0.2, -0.15) is 0 Å². The van der Waals surface area contributed by atoms with Crippen molar-refractivity contribution in [2.24, 2.45) is 0 Å². The zero-order valence-corrected chi connectivity index (χ0v) is 14.8. The van der Waals surface area contributed by atoms with Crippen molar-refractivity contribution >= 4 is 0 Å². The second-order valence-electron chi connectivity index (χ2n) is 7.05. The quantitative estimate of drug-likeness (QED) is 0.762. The van der Waals surface area contributed by atoms with Gasteiger partial charge in [-0.25, -0.2) is 22.5 Å². The molecule has 150 valence electrons. The lowest BCUT2D eigenvalue weighted by Crippen LogP contribution is -2.47. The number of hydrogen-bond acceptors (Lipinski definition) is 4. The topological polar surface area (TPSA) is 41.9 Å². The van der Waals surface area contributed by atoms with Crippen LogP contribution < -0.4 is 0 Å². The zero-order chi connectivity index (χ0) is 19.9. The van der Waals surface area contributed by atoms with Crippen molar-refractivity contribution in [2.45, 2.75) is 30.8 Å². The van der Waals surface area contributed by atoms with Gasteiger partial charge >= 0.3 is 0 Å². The zero-order valence-electron chi connectivity index (χ0n) is 14.8. The fraction of sp³-hybridized carbons (Fsp3) is 0.400. The summed E-state index contributed by atoms with van der Waals surface area (Å²) in [7, 11) is 0. The molecule has 4 rings (SSSR count). The Balaban J connectivity index is 1.66. The highest BCUT2D eigenvalue weighted by Crippen LogP contribution is 2.49. The molecule has 0 aromatic heterocycles. The maximum absolute atomic E-state index is 12.8. The maximum atomic E-state index is 12.8. The largest absolute Gasteiger partial charge is 0.394 e.